The lowest BCUT2D eigenvalue weighted by molar-refractivity contribution is 0.0518. The third-order valence-corrected chi connectivity index (χ3v) is 3.04. The van der Waals surface area contributed by atoms with Crippen LogP contribution in [0.25, 0.3) is 0 Å². The van der Waals surface area contributed by atoms with Crippen molar-refractivity contribution in [1.82, 2.24) is 5.32 Å². The van der Waals surface area contributed by atoms with E-state index in [1.54, 1.807) is 19.1 Å². The van der Waals surface area contributed by atoms with Crippen LogP contribution in [0.15, 0.2) is 24.3 Å². The summed E-state index contributed by atoms with van der Waals surface area (Å²) in [7, 11) is 3.90. The normalized spacial score (nSPS) is 13.8. The molecule has 2 N–H and O–H groups in total. The molecule has 0 fully saturated rings. The van der Waals surface area contributed by atoms with Crippen molar-refractivity contribution in [2.24, 2.45) is 0 Å². The third-order valence-electron chi connectivity index (χ3n) is 3.04. The fraction of sp³-hybridized carbons (Fsp3) is 0.500. The Bertz CT molecular complexity index is 397. The van der Waals surface area contributed by atoms with E-state index in [-0.39, 0.29) is 12.5 Å². The first-order valence-electron chi connectivity index (χ1n) is 6.13. The minimum atomic E-state index is -0.848. The fourth-order valence-corrected chi connectivity index (χ4v) is 1.41. The van der Waals surface area contributed by atoms with E-state index in [2.05, 4.69) is 5.32 Å². The molecule has 0 aliphatic carbocycles. The van der Waals surface area contributed by atoms with Crippen molar-refractivity contribution in [1.29, 1.82) is 0 Å². The molecule has 4 heteroatoms. The molecule has 0 spiro atoms. The number of aliphatic hydroxyl groups is 1. The van der Waals surface area contributed by atoms with Crippen molar-refractivity contribution < 1.29 is 9.90 Å². The summed E-state index contributed by atoms with van der Waals surface area (Å²) in [6, 6.07) is 7.36. The van der Waals surface area contributed by atoms with Crippen LogP contribution >= 0.6 is 0 Å². The minimum absolute atomic E-state index is 0.158. The van der Waals surface area contributed by atoms with Gasteiger partial charge in [0.1, 0.15) is 0 Å². The highest BCUT2D eigenvalue weighted by molar-refractivity contribution is 5.94. The van der Waals surface area contributed by atoms with Gasteiger partial charge in [-0.25, -0.2) is 0 Å². The lowest BCUT2D eigenvalue weighted by Gasteiger charge is -2.21. The van der Waals surface area contributed by atoms with Gasteiger partial charge < -0.3 is 15.3 Å². The zero-order chi connectivity index (χ0) is 13.8. The molecule has 1 unspecified atom stereocenters. The van der Waals surface area contributed by atoms with E-state index in [1.165, 1.54) is 0 Å². The number of hydrogen-bond acceptors (Lipinski definition) is 3. The Morgan fingerprint density at radius 2 is 1.89 bits per heavy atom. The van der Waals surface area contributed by atoms with Crippen LogP contribution in [0.5, 0.6) is 0 Å². The monoisotopic (exact) mass is 250 g/mol. The Morgan fingerprint density at radius 3 is 2.33 bits per heavy atom. The van der Waals surface area contributed by atoms with Gasteiger partial charge in [-0.3, -0.25) is 4.79 Å². The first kappa shape index (κ1) is 14.5. The van der Waals surface area contributed by atoms with Crippen LogP contribution in [0.3, 0.4) is 0 Å². The summed E-state index contributed by atoms with van der Waals surface area (Å²) >= 11 is 0. The molecule has 0 saturated carbocycles. The standard InChI is InChI=1S/C14H22N2O2/c1-5-14(2,18)10-15-13(17)11-6-8-12(9-7-11)16(3)4/h6-9,18H,5,10H2,1-4H3,(H,15,17). The maximum Gasteiger partial charge on any atom is 0.251 e. The van der Waals surface area contributed by atoms with E-state index in [1.807, 2.05) is 38.1 Å². The van der Waals surface area contributed by atoms with Crippen molar-refractivity contribution in [3.63, 3.8) is 0 Å². The molecular formula is C14H22N2O2. The van der Waals surface area contributed by atoms with Crippen LogP contribution in [0, 0.1) is 0 Å². The Labute approximate surface area is 109 Å². The second kappa shape index (κ2) is 5.87. The van der Waals surface area contributed by atoms with Gasteiger partial charge in [0.15, 0.2) is 0 Å². The molecule has 0 aliphatic heterocycles. The van der Waals surface area contributed by atoms with Crippen LogP contribution in [-0.4, -0.2) is 37.3 Å². The molecule has 0 aromatic heterocycles. The maximum atomic E-state index is 11.9. The molecule has 1 rings (SSSR count). The van der Waals surface area contributed by atoms with Crippen molar-refractivity contribution in [3.8, 4) is 0 Å². The number of amides is 1. The largest absolute Gasteiger partial charge is 0.388 e. The van der Waals surface area contributed by atoms with E-state index >= 15 is 0 Å². The van der Waals surface area contributed by atoms with Gasteiger partial charge in [-0.1, -0.05) is 6.92 Å². The minimum Gasteiger partial charge on any atom is -0.388 e. The van der Waals surface area contributed by atoms with Crippen molar-refractivity contribution >= 4 is 11.6 Å². The number of carbonyl (C=O) groups is 1. The second-order valence-electron chi connectivity index (χ2n) is 4.97. The Kier molecular flexibility index (Phi) is 4.73. The fourth-order valence-electron chi connectivity index (χ4n) is 1.41. The zero-order valence-corrected chi connectivity index (χ0v) is 11.5. The van der Waals surface area contributed by atoms with Crippen LogP contribution in [0.1, 0.15) is 30.6 Å². The summed E-state index contributed by atoms with van der Waals surface area (Å²) in [4.78, 5) is 13.8. The topological polar surface area (TPSA) is 52.6 Å². The Morgan fingerprint density at radius 1 is 1.33 bits per heavy atom. The van der Waals surface area contributed by atoms with Gasteiger partial charge in [0.2, 0.25) is 0 Å². The molecule has 0 saturated heterocycles. The molecular weight excluding hydrogens is 228 g/mol. The molecule has 0 aliphatic rings. The van der Waals surface area contributed by atoms with Gasteiger partial charge in [0.25, 0.3) is 5.91 Å². The summed E-state index contributed by atoms with van der Waals surface area (Å²) in [5.41, 5.74) is 0.804. The average Bonchev–Trinajstić information content (AvgIpc) is 2.36. The van der Waals surface area contributed by atoms with Crippen molar-refractivity contribution in [3.05, 3.63) is 29.8 Å². The van der Waals surface area contributed by atoms with Gasteiger partial charge in [-0.2, -0.15) is 0 Å². The number of benzene rings is 1. The SMILES string of the molecule is CCC(C)(O)CNC(=O)c1ccc(N(C)C)cc1. The lowest BCUT2D eigenvalue weighted by Crippen LogP contribution is -2.40. The number of nitrogens with one attached hydrogen (secondary N) is 1. The molecule has 100 valence electrons. The first-order chi connectivity index (χ1) is 8.35. The Balaban J connectivity index is 2.62. The lowest BCUT2D eigenvalue weighted by atomic mass is 10.0. The quantitative estimate of drug-likeness (QED) is 0.835. The van der Waals surface area contributed by atoms with Gasteiger partial charge in [-0.05, 0) is 37.6 Å². The van der Waals surface area contributed by atoms with Crippen LogP contribution in [-0.2, 0) is 0 Å². The van der Waals surface area contributed by atoms with Crippen LogP contribution in [0.2, 0.25) is 0 Å². The summed E-state index contributed by atoms with van der Waals surface area (Å²) in [5, 5.41) is 12.6. The number of rotatable bonds is 5. The Hall–Kier alpha value is -1.55. The summed E-state index contributed by atoms with van der Waals surface area (Å²) < 4.78 is 0. The van der Waals surface area contributed by atoms with Crippen molar-refractivity contribution in [2.75, 3.05) is 25.5 Å². The summed E-state index contributed by atoms with van der Waals surface area (Å²) in [6.07, 6.45) is 0.604. The maximum absolute atomic E-state index is 11.9. The van der Waals surface area contributed by atoms with Gasteiger partial charge in [-0.15, -0.1) is 0 Å². The van der Waals surface area contributed by atoms with Gasteiger partial charge in [0.05, 0.1) is 5.60 Å². The number of hydrogen-bond donors (Lipinski definition) is 2. The van der Waals surface area contributed by atoms with E-state index < -0.39 is 5.60 Å². The smallest absolute Gasteiger partial charge is 0.251 e. The van der Waals surface area contributed by atoms with E-state index in [0.717, 1.165) is 5.69 Å². The van der Waals surface area contributed by atoms with Gasteiger partial charge in [0, 0.05) is 31.9 Å². The molecule has 0 bridgehead atoms. The molecule has 0 heterocycles. The number of carbonyl (C=O) groups excluding carboxylic acids is 1. The highest BCUT2D eigenvalue weighted by Crippen LogP contribution is 2.12. The number of nitrogens with zero attached hydrogens (tertiary/aromatic N) is 1. The highest BCUT2D eigenvalue weighted by atomic mass is 16.3. The van der Waals surface area contributed by atoms with Gasteiger partial charge >= 0.3 is 0 Å². The average molecular weight is 250 g/mol. The summed E-state index contributed by atoms with van der Waals surface area (Å²) in [5.74, 6) is -0.158. The predicted molar refractivity (Wildman–Crippen MR) is 74.0 cm³/mol. The van der Waals surface area contributed by atoms with Crippen LogP contribution in [0.4, 0.5) is 5.69 Å². The van der Waals surface area contributed by atoms with Crippen molar-refractivity contribution in [2.45, 2.75) is 25.9 Å². The van der Waals surface area contributed by atoms with Crippen LogP contribution < -0.4 is 10.2 Å². The highest BCUT2D eigenvalue weighted by Gasteiger charge is 2.18. The van der Waals surface area contributed by atoms with E-state index in [0.29, 0.717) is 12.0 Å². The summed E-state index contributed by atoms with van der Waals surface area (Å²) in [6.45, 7) is 3.86. The molecule has 1 atom stereocenters. The third kappa shape index (κ3) is 4.04. The first-order valence-corrected chi connectivity index (χ1v) is 6.13. The molecule has 4 nitrogen and oxygen atoms in total. The zero-order valence-electron chi connectivity index (χ0n) is 11.5. The molecule has 1 aromatic carbocycles. The molecule has 1 aromatic rings. The second-order valence-corrected chi connectivity index (χ2v) is 4.97. The molecule has 1 amide bonds. The molecule has 0 radical (unpaired) electrons. The van der Waals surface area contributed by atoms with E-state index in [9.17, 15) is 9.90 Å². The predicted octanol–water partition coefficient (Wildman–Crippen LogP) is 1.64. The molecule has 18 heavy (non-hydrogen) atoms. The number of anilines is 1. The van der Waals surface area contributed by atoms with E-state index in [4.69, 9.17) is 0 Å².